The second-order valence-corrected chi connectivity index (χ2v) is 6.91. The molecule has 1 amide bonds. The van der Waals surface area contributed by atoms with Crippen LogP contribution in [0.1, 0.15) is 28.2 Å². The molecule has 2 aromatic rings. The van der Waals surface area contributed by atoms with Crippen molar-refractivity contribution < 1.29 is 4.79 Å². The fraction of sp³-hybridized carbons (Fsp3) is 0.357. The van der Waals surface area contributed by atoms with Crippen LogP contribution in [0.5, 0.6) is 0 Å². The number of hydrogen-bond acceptors (Lipinski definition) is 5. The van der Waals surface area contributed by atoms with E-state index in [-0.39, 0.29) is 23.1 Å². The highest BCUT2D eigenvalue weighted by Gasteiger charge is 2.25. The van der Waals surface area contributed by atoms with Gasteiger partial charge in [-0.2, -0.15) is 0 Å². The van der Waals surface area contributed by atoms with E-state index >= 15 is 0 Å². The van der Waals surface area contributed by atoms with Crippen LogP contribution in [0.25, 0.3) is 0 Å². The van der Waals surface area contributed by atoms with Crippen molar-refractivity contribution in [3.05, 3.63) is 44.5 Å². The summed E-state index contributed by atoms with van der Waals surface area (Å²) in [5.41, 5.74) is -0.0904. The van der Waals surface area contributed by atoms with E-state index in [0.29, 0.717) is 11.7 Å². The van der Waals surface area contributed by atoms with Crippen molar-refractivity contribution in [1.82, 2.24) is 14.5 Å². The molecule has 1 unspecified atom stereocenters. The standard InChI is InChI=1S/C14H15N3O2S2/c1-9(11-4-3-6-20-11)16(2)12(18)10-8-15-14-17(13(10)19)5-7-21-14/h3-4,6,8-9H,5,7H2,1-2H3. The third-order valence-electron chi connectivity index (χ3n) is 3.64. The molecule has 0 saturated carbocycles. The van der Waals surface area contributed by atoms with Crippen molar-refractivity contribution in [3.63, 3.8) is 0 Å². The molecule has 0 aromatic carbocycles. The Morgan fingerprint density at radius 3 is 3.05 bits per heavy atom. The minimum atomic E-state index is -0.277. The third-order valence-corrected chi connectivity index (χ3v) is 5.66. The second kappa shape index (κ2) is 5.65. The number of carbonyl (C=O) groups excluding carboxylic acids is 1. The first kappa shape index (κ1) is 14.3. The Bertz CT molecular complexity index is 724. The molecule has 1 atom stereocenters. The maximum absolute atomic E-state index is 12.6. The summed E-state index contributed by atoms with van der Waals surface area (Å²) in [5.74, 6) is 0.557. The number of hydrogen-bond donors (Lipinski definition) is 0. The molecule has 0 radical (unpaired) electrons. The van der Waals surface area contributed by atoms with E-state index in [9.17, 15) is 9.59 Å². The summed E-state index contributed by atoms with van der Waals surface area (Å²) < 4.78 is 1.58. The lowest BCUT2D eigenvalue weighted by molar-refractivity contribution is 0.0741. The van der Waals surface area contributed by atoms with E-state index in [2.05, 4.69) is 4.98 Å². The van der Waals surface area contributed by atoms with Crippen LogP contribution in [0.3, 0.4) is 0 Å². The first-order valence-electron chi connectivity index (χ1n) is 6.63. The SMILES string of the molecule is CC(c1cccs1)N(C)C(=O)c1cnc2n(c1=O)CCS2. The topological polar surface area (TPSA) is 55.2 Å². The smallest absolute Gasteiger partial charge is 0.267 e. The van der Waals surface area contributed by atoms with Crippen LogP contribution in [-0.4, -0.2) is 33.2 Å². The van der Waals surface area contributed by atoms with Crippen molar-refractivity contribution in [1.29, 1.82) is 0 Å². The number of rotatable bonds is 3. The molecule has 110 valence electrons. The van der Waals surface area contributed by atoms with E-state index in [1.165, 1.54) is 6.20 Å². The molecule has 0 aliphatic carbocycles. The zero-order valence-electron chi connectivity index (χ0n) is 11.8. The van der Waals surface area contributed by atoms with Crippen molar-refractivity contribution in [2.24, 2.45) is 0 Å². The van der Waals surface area contributed by atoms with Crippen molar-refractivity contribution in [2.45, 2.75) is 24.7 Å². The first-order valence-corrected chi connectivity index (χ1v) is 8.49. The highest BCUT2D eigenvalue weighted by Crippen LogP contribution is 2.25. The zero-order valence-corrected chi connectivity index (χ0v) is 13.4. The molecule has 2 aromatic heterocycles. The van der Waals surface area contributed by atoms with Gasteiger partial charge in [0.25, 0.3) is 11.5 Å². The van der Waals surface area contributed by atoms with Crippen LogP contribution in [0.15, 0.2) is 33.7 Å². The third kappa shape index (κ3) is 2.51. The Labute approximate surface area is 130 Å². The van der Waals surface area contributed by atoms with Gasteiger partial charge in [-0.05, 0) is 18.4 Å². The minimum Gasteiger partial charge on any atom is -0.334 e. The Hall–Kier alpha value is -1.60. The Balaban J connectivity index is 1.91. The summed E-state index contributed by atoms with van der Waals surface area (Å²) >= 11 is 3.14. The molecule has 7 heteroatoms. The molecule has 3 rings (SSSR count). The van der Waals surface area contributed by atoms with Gasteiger partial charge in [-0.15, -0.1) is 11.3 Å². The van der Waals surface area contributed by atoms with Crippen LogP contribution >= 0.6 is 23.1 Å². The lowest BCUT2D eigenvalue weighted by atomic mass is 10.2. The average molecular weight is 321 g/mol. The Kier molecular flexibility index (Phi) is 3.86. The van der Waals surface area contributed by atoms with E-state index < -0.39 is 0 Å². The number of thioether (sulfide) groups is 1. The van der Waals surface area contributed by atoms with Crippen molar-refractivity contribution in [2.75, 3.05) is 12.8 Å². The summed E-state index contributed by atoms with van der Waals surface area (Å²) in [6.45, 7) is 2.58. The maximum atomic E-state index is 12.6. The lowest BCUT2D eigenvalue weighted by Crippen LogP contribution is -2.36. The molecule has 1 aliphatic rings. The van der Waals surface area contributed by atoms with Gasteiger partial charge in [0.15, 0.2) is 5.16 Å². The molecule has 3 heterocycles. The maximum Gasteiger partial charge on any atom is 0.267 e. The summed E-state index contributed by atoms with van der Waals surface area (Å²) in [7, 11) is 1.72. The van der Waals surface area contributed by atoms with Gasteiger partial charge in [0.05, 0.1) is 6.04 Å². The molecule has 0 spiro atoms. The Morgan fingerprint density at radius 2 is 2.33 bits per heavy atom. The summed E-state index contributed by atoms with van der Waals surface area (Å²) in [5, 5.41) is 2.68. The summed E-state index contributed by atoms with van der Waals surface area (Å²) in [4.78, 5) is 31.9. The number of nitrogens with zero attached hydrogens (tertiary/aromatic N) is 3. The van der Waals surface area contributed by atoms with Crippen molar-refractivity contribution >= 4 is 29.0 Å². The van der Waals surface area contributed by atoms with E-state index in [1.54, 1.807) is 39.6 Å². The molecule has 0 N–H and O–H groups in total. The molecular formula is C14H15N3O2S2. The van der Waals surface area contributed by atoms with Gasteiger partial charge in [-0.25, -0.2) is 4.98 Å². The van der Waals surface area contributed by atoms with E-state index in [0.717, 1.165) is 10.6 Å². The van der Waals surface area contributed by atoms with Crippen molar-refractivity contribution in [3.8, 4) is 0 Å². The van der Waals surface area contributed by atoms with Crippen LogP contribution in [-0.2, 0) is 6.54 Å². The van der Waals surface area contributed by atoms with Gasteiger partial charge < -0.3 is 4.90 Å². The second-order valence-electron chi connectivity index (χ2n) is 4.87. The van der Waals surface area contributed by atoms with Gasteiger partial charge in [-0.3, -0.25) is 14.2 Å². The number of carbonyl (C=O) groups is 1. The molecule has 0 saturated heterocycles. The first-order chi connectivity index (χ1) is 10.1. The van der Waals surface area contributed by atoms with Gasteiger partial charge in [-0.1, -0.05) is 17.8 Å². The van der Waals surface area contributed by atoms with Crippen LogP contribution in [0.2, 0.25) is 0 Å². The monoisotopic (exact) mass is 321 g/mol. The highest BCUT2D eigenvalue weighted by molar-refractivity contribution is 7.99. The summed E-state index contributed by atoms with van der Waals surface area (Å²) in [6, 6.07) is 3.88. The minimum absolute atomic E-state index is 0.0653. The van der Waals surface area contributed by atoms with Gasteiger partial charge in [0.1, 0.15) is 5.56 Å². The van der Waals surface area contributed by atoms with Gasteiger partial charge >= 0.3 is 0 Å². The van der Waals surface area contributed by atoms with Crippen LogP contribution < -0.4 is 5.56 Å². The van der Waals surface area contributed by atoms with Crippen LogP contribution in [0, 0.1) is 0 Å². The lowest BCUT2D eigenvalue weighted by Gasteiger charge is -2.24. The van der Waals surface area contributed by atoms with Gasteiger partial charge in [0, 0.05) is 30.4 Å². The largest absolute Gasteiger partial charge is 0.334 e. The quantitative estimate of drug-likeness (QED) is 0.814. The predicted molar refractivity (Wildman–Crippen MR) is 84.0 cm³/mol. The summed E-state index contributed by atoms with van der Waals surface area (Å²) in [6.07, 6.45) is 1.41. The fourth-order valence-electron chi connectivity index (χ4n) is 2.25. The molecule has 5 nitrogen and oxygen atoms in total. The normalized spacial score (nSPS) is 14.8. The molecule has 1 aliphatic heterocycles. The molecule has 0 fully saturated rings. The van der Waals surface area contributed by atoms with Crippen LogP contribution in [0.4, 0.5) is 0 Å². The van der Waals surface area contributed by atoms with E-state index in [4.69, 9.17) is 0 Å². The van der Waals surface area contributed by atoms with E-state index in [1.807, 2.05) is 24.4 Å². The average Bonchev–Trinajstić information content (AvgIpc) is 3.16. The predicted octanol–water partition coefficient (Wildman–Crippen LogP) is 2.24. The number of amides is 1. The zero-order chi connectivity index (χ0) is 15.0. The number of thiophene rings is 1. The molecule has 21 heavy (non-hydrogen) atoms. The fourth-order valence-corrected chi connectivity index (χ4v) is 3.99. The highest BCUT2D eigenvalue weighted by atomic mass is 32.2. The molecular weight excluding hydrogens is 306 g/mol. The number of fused-ring (bicyclic) bond motifs is 1. The molecule has 0 bridgehead atoms. The van der Waals surface area contributed by atoms with Gasteiger partial charge in [0.2, 0.25) is 0 Å². The Morgan fingerprint density at radius 1 is 1.52 bits per heavy atom. The number of aromatic nitrogens is 2.